The molecular weight excluding hydrogens is 400 g/mol. The van der Waals surface area contributed by atoms with Crippen molar-refractivity contribution in [2.75, 3.05) is 7.11 Å². The third-order valence-corrected chi connectivity index (χ3v) is 5.40. The average Bonchev–Trinajstić information content (AvgIpc) is 3.49. The third kappa shape index (κ3) is 5.06. The van der Waals surface area contributed by atoms with Gasteiger partial charge in [0.15, 0.2) is 0 Å². The van der Waals surface area contributed by atoms with E-state index in [0.29, 0.717) is 18.7 Å². The first kappa shape index (κ1) is 21.4. The third-order valence-electron chi connectivity index (χ3n) is 5.40. The molecule has 0 bridgehead atoms. The summed E-state index contributed by atoms with van der Waals surface area (Å²) in [7, 11) is 1.42. The molecule has 0 aliphatic heterocycles. The Kier molecular flexibility index (Phi) is 6.66. The summed E-state index contributed by atoms with van der Waals surface area (Å²) < 4.78 is 12.7. The SMILES string of the molecule is COC(=O)[C@H](Cc1ccc(/C=C/Cc2nc(-c3ccccc3)oc2C)cc1)n1cccc1. The molecule has 162 valence electrons. The van der Waals surface area contributed by atoms with Gasteiger partial charge >= 0.3 is 5.97 Å². The Morgan fingerprint density at radius 2 is 1.78 bits per heavy atom. The van der Waals surface area contributed by atoms with Gasteiger partial charge in [0.05, 0.1) is 12.8 Å². The van der Waals surface area contributed by atoms with Crippen molar-refractivity contribution in [1.29, 1.82) is 0 Å². The van der Waals surface area contributed by atoms with E-state index in [4.69, 9.17) is 9.15 Å². The van der Waals surface area contributed by atoms with E-state index in [9.17, 15) is 4.79 Å². The van der Waals surface area contributed by atoms with E-state index in [1.807, 2.05) is 78.5 Å². The molecule has 0 aliphatic rings. The minimum atomic E-state index is -0.370. The summed E-state index contributed by atoms with van der Waals surface area (Å²) in [6.45, 7) is 1.94. The summed E-state index contributed by atoms with van der Waals surface area (Å²) in [5, 5.41) is 0. The molecule has 32 heavy (non-hydrogen) atoms. The lowest BCUT2D eigenvalue weighted by molar-refractivity contribution is -0.144. The van der Waals surface area contributed by atoms with E-state index in [1.165, 1.54) is 7.11 Å². The number of esters is 1. The van der Waals surface area contributed by atoms with E-state index in [-0.39, 0.29) is 12.0 Å². The van der Waals surface area contributed by atoms with Crippen LogP contribution in [0, 0.1) is 6.92 Å². The first-order valence-electron chi connectivity index (χ1n) is 10.6. The van der Waals surface area contributed by atoms with Crippen LogP contribution >= 0.6 is 0 Å². The summed E-state index contributed by atoms with van der Waals surface area (Å²) in [5.74, 6) is 1.24. The lowest BCUT2D eigenvalue weighted by Crippen LogP contribution is -2.22. The molecule has 5 nitrogen and oxygen atoms in total. The molecule has 0 saturated heterocycles. The van der Waals surface area contributed by atoms with Crippen molar-refractivity contribution in [3.8, 4) is 11.5 Å². The standard InChI is InChI=1S/C27H26N2O3/c1-20-24(28-26(32-20)23-10-4-3-5-11-23)12-8-9-21-13-15-22(16-14-21)19-25(27(30)31-2)29-17-6-7-18-29/h3-11,13-18,25H,12,19H2,1-2H3/b9-8+/t25-/m0/s1. The Morgan fingerprint density at radius 1 is 1.06 bits per heavy atom. The fraction of sp³-hybridized carbons (Fsp3) is 0.185. The number of methoxy groups -OCH3 is 1. The van der Waals surface area contributed by atoms with Gasteiger partial charge in [0, 0.05) is 30.8 Å². The number of benzene rings is 2. The first-order chi connectivity index (χ1) is 15.6. The van der Waals surface area contributed by atoms with Crippen LogP contribution in [0.1, 0.15) is 28.6 Å². The minimum Gasteiger partial charge on any atom is -0.467 e. The van der Waals surface area contributed by atoms with Gasteiger partial charge in [0.1, 0.15) is 11.8 Å². The molecule has 0 amide bonds. The van der Waals surface area contributed by atoms with Crippen molar-refractivity contribution < 1.29 is 13.9 Å². The highest BCUT2D eigenvalue weighted by Crippen LogP contribution is 2.22. The normalized spacial score (nSPS) is 12.2. The average molecular weight is 427 g/mol. The van der Waals surface area contributed by atoms with Gasteiger partial charge in [0.25, 0.3) is 0 Å². The van der Waals surface area contributed by atoms with Gasteiger partial charge in [-0.3, -0.25) is 0 Å². The van der Waals surface area contributed by atoms with Gasteiger partial charge < -0.3 is 13.7 Å². The molecule has 0 N–H and O–H groups in total. The van der Waals surface area contributed by atoms with E-state index in [2.05, 4.69) is 29.3 Å². The number of carbonyl (C=O) groups excluding carboxylic acids is 1. The van der Waals surface area contributed by atoms with Crippen LogP contribution in [0.25, 0.3) is 17.5 Å². The van der Waals surface area contributed by atoms with Crippen LogP contribution < -0.4 is 0 Å². The van der Waals surface area contributed by atoms with E-state index in [1.54, 1.807) is 0 Å². The van der Waals surface area contributed by atoms with Crippen molar-refractivity contribution in [2.45, 2.75) is 25.8 Å². The largest absolute Gasteiger partial charge is 0.467 e. The molecule has 0 aliphatic carbocycles. The maximum atomic E-state index is 12.2. The number of nitrogens with zero attached hydrogens (tertiary/aromatic N) is 2. The topological polar surface area (TPSA) is 57.3 Å². The van der Waals surface area contributed by atoms with Crippen LogP contribution in [0.5, 0.6) is 0 Å². The van der Waals surface area contributed by atoms with E-state index >= 15 is 0 Å². The number of aromatic nitrogens is 2. The molecule has 0 radical (unpaired) electrons. The van der Waals surface area contributed by atoms with Crippen molar-refractivity contribution in [2.24, 2.45) is 0 Å². The van der Waals surface area contributed by atoms with E-state index < -0.39 is 0 Å². The smallest absolute Gasteiger partial charge is 0.329 e. The molecule has 4 aromatic rings. The molecule has 2 aromatic heterocycles. The zero-order valence-electron chi connectivity index (χ0n) is 18.3. The van der Waals surface area contributed by atoms with E-state index in [0.717, 1.165) is 28.1 Å². The highest BCUT2D eigenvalue weighted by molar-refractivity contribution is 5.74. The molecule has 0 unspecified atom stereocenters. The number of aryl methyl sites for hydroxylation is 1. The van der Waals surface area contributed by atoms with Crippen molar-refractivity contribution in [3.63, 3.8) is 0 Å². The molecule has 4 rings (SSSR count). The molecule has 0 fully saturated rings. The summed E-state index contributed by atoms with van der Waals surface area (Å²) in [5.41, 5.74) is 4.08. The number of allylic oxidation sites excluding steroid dienone is 1. The van der Waals surface area contributed by atoms with Crippen molar-refractivity contribution >= 4 is 12.0 Å². The van der Waals surface area contributed by atoms with Crippen LogP contribution in [-0.4, -0.2) is 22.6 Å². The zero-order chi connectivity index (χ0) is 22.3. The molecule has 5 heteroatoms. The second kappa shape index (κ2) is 9.96. The Bertz CT molecular complexity index is 1170. The molecular formula is C27H26N2O3. The lowest BCUT2D eigenvalue weighted by Gasteiger charge is -2.16. The Balaban J connectivity index is 1.40. The van der Waals surface area contributed by atoms with Gasteiger partial charge in [-0.1, -0.05) is 54.6 Å². The molecule has 2 heterocycles. The van der Waals surface area contributed by atoms with Crippen LogP contribution in [0.2, 0.25) is 0 Å². The van der Waals surface area contributed by atoms with Crippen LogP contribution in [0.4, 0.5) is 0 Å². The number of oxazole rings is 1. The minimum absolute atomic E-state index is 0.247. The molecule has 2 aromatic carbocycles. The molecule has 0 spiro atoms. The lowest BCUT2D eigenvalue weighted by atomic mass is 10.0. The van der Waals surface area contributed by atoms with Gasteiger partial charge in [-0.15, -0.1) is 0 Å². The van der Waals surface area contributed by atoms with Gasteiger partial charge in [0.2, 0.25) is 5.89 Å². The Labute approximate surface area is 188 Å². The predicted molar refractivity (Wildman–Crippen MR) is 125 cm³/mol. The van der Waals surface area contributed by atoms with Crippen molar-refractivity contribution in [3.05, 3.63) is 108 Å². The quantitative estimate of drug-likeness (QED) is 0.341. The summed E-state index contributed by atoms with van der Waals surface area (Å²) in [4.78, 5) is 16.9. The number of hydrogen-bond acceptors (Lipinski definition) is 4. The Morgan fingerprint density at radius 3 is 2.47 bits per heavy atom. The zero-order valence-corrected chi connectivity index (χ0v) is 18.3. The van der Waals surface area contributed by atoms with Gasteiger partial charge in [-0.25, -0.2) is 9.78 Å². The number of ether oxygens (including phenoxy) is 1. The highest BCUT2D eigenvalue weighted by Gasteiger charge is 2.20. The monoisotopic (exact) mass is 426 g/mol. The summed E-state index contributed by atoms with van der Waals surface area (Å²) in [6.07, 6.45) is 9.20. The fourth-order valence-electron chi connectivity index (χ4n) is 3.62. The van der Waals surface area contributed by atoms with Crippen LogP contribution in [0.15, 0.2) is 89.6 Å². The number of carbonyl (C=O) groups is 1. The molecule has 0 saturated carbocycles. The highest BCUT2D eigenvalue weighted by atomic mass is 16.5. The summed E-state index contributed by atoms with van der Waals surface area (Å²) >= 11 is 0. The maximum absolute atomic E-state index is 12.2. The van der Waals surface area contributed by atoms with Crippen molar-refractivity contribution in [1.82, 2.24) is 9.55 Å². The summed E-state index contributed by atoms with van der Waals surface area (Å²) in [6, 6.07) is 21.6. The number of rotatable bonds is 8. The second-order valence-corrected chi connectivity index (χ2v) is 7.61. The predicted octanol–water partition coefficient (Wildman–Crippen LogP) is 5.66. The molecule has 1 atom stereocenters. The number of hydrogen-bond donors (Lipinski definition) is 0. The van der Waals surface area contributed by atoms with Gasteiger partial charge in [-0.2, -0.15) is 0 Å². The first-order valence-corrected chi connectivity index (χ1v) is 10.6. The maximum Gasteiger partial charge on any atom is 0.329 e. The second-order valence-electron chi connectivity index (χ2n) is 7.61. The van der Waals surface area contributed by atoms with Crippen LogP contribution in [0.3, 0.4) is 0 Å². The Hall–Kier alpha value is -3.86. The van der Waals surface area contributed by atoms with Gasteiger partial charge in [-0.05, 0) is 42.3 Å². The van der Waals surface area contributed by atoms with Crippen LogP contribution in [-0.2, 0) is 22.4 Å². The fourth-order valence-corrected chi connectivity index (χ4v) is 3.62.